The molecule has 3 aromatic carbocycles. The molecule has 0 spiro atoms. The number of rotatable bonds is 1. The smallest absolute Gasteiger partial charge is 0.0623 e. The van der Waals surface area contributed by atoms with E-state index in [1.165, 1.54) is 62.0 Å². The molecule has 0 saturated carbocycles. The first-order valence-corrected chi connectivity index (χ1v) is 13.0. The minimum absolute atomic E-state index is 0. The Morgan fingerprint density at radius 1 is 0.893 bits per heavy atom. The quantitative estimate of drug-likeness (QED) is 0.239. The minimum atomic E-state index is 0. The van der Waals surface area contributed by atoms with Crippen molar-refractivity contribution in [2.24, 2.45) is 5.92 Å². The van der Waals surface area contributed by atoms with Crippen LogP contribution in [0, 0.1) is 12.0 Å². The van der Waals surface area contributed by atoms with E-state index in [1.807, 2.05) is 0 Å². The molecule has 0 nitrogen and oxygen atoms in total. The normalized spacial score (nSPS) is 14.6. The zero-order valence-corrected chi connectivity index (χ0v) is 21.8. The molecule has 0 bridgehead atoms. The summed E-state index contributed by atoms with van der Waals surface area (Å²) in [5, 5.41) is 2.65. The van der Waals surface area contributed by atoms with Gasteiger partial charge in [-0.1, -0.05) is 68.7 Å². The van der Waals surface area contributed by atoms with Crippen molar-refractivity contribution in [2.75, 3.05) is 0 Å². The van der Waals surface area contributed by atoms with Crippen molar-refractivity contribution < 1.29 is 23.3 Å². The molecule has 0 N–H and O–H groups in total. The Hall–Kier alpha value is -0.790. The second-order valence-electron chi connectivity index (χ2n) is 6.50. The topological polar surface area (TPSA) is 0 Å². The van der Waals surface area contributed by atoms with Gasteiger partial charge in [-0.25, -0.2) is 5.57 Å². The Labute approximate surface area is 198 Å². The maximum absolute atomic E-state index is 3.36. The Morgan fingerprint density at radius 3 is 1.96 bits per heavy atom. The Balaban J connectivity index is 0.000000491. The average molecular weight is 505 g/mol. The molecule has 2 radical (unpaired) electrons. The number of allylic oxidation sites excluding steroid dienone is 4. The van der Waals surface area contributed by atoms with Crippen LogP contribution >= 0.6 is 24.8 Å². The molecular formula is C24H26Cl2SiZr. The summed E-state index contributed by atoms with van der Waals surface area (Å²) in [5.41, 5.74) is 6.86. The zero-order chi connectivity index (χ0) is 19.1. The molecule has 0 heterocycles. The van der Waals surface area contributed by atoms with E-state index in [9.17, 15) is 0 Å². The Bertz CT molecular complexity index is 926. The number of halogens is 2. The first-order valence-electron chi connectivity index (χ1n) is 8.80. The number of hydrogen-bond donors (Lipinski definition) is 0. The van der Waals surface area contributed by atoms with Crippen LogP contribution in [-0.4, -0.2) is 6.88 Å². The molecular weight excluding hydrogens is 478 g/mol. The summed E-state index contributed by atoms with van der Waals surface area (Å²) < 4.78 is 0. The molecule has 4 rings (SSSR count). The van der Waals surface area contributed by atoms with Gasteiger partial charge in [-0.05, 0) is 0 Å². The third-order valence-corrected chi connectivity index (χ3v) is 5.00. The fraction of sp³-hybridized carbons (Fsp3) is 0.208. The minimum Gasteiger partial charge on any atom is -0.150 e. The van der Waals surface area contributed by atoms with Gasteiger partial charge in [0.1, 0.15) is 0 Å². The maximum Gasteiger partial charge on any atom is -0.0623 e. The molecule has 0 saturated heterocycles. The van der Waals surface area contributed by atoms with Crippen molar-refractivity contribution >= 4 is 42.5 Å². The van der Waals surface area contributed by atoms with E-state index >= 15 is 0 Å². The fourth-order valence-corrected chi connectivity index (χ4v) is 3.18. The van der Waals surface area contributed by atoms with Crippen LogP contribution in [0.25, 0.3) is 21.9 Å². The number of hydrogen-bond acceptors (Lipinski definition) is 0. The number of benzene rings is 2. The van der Waals surface area contributed by atoms with Gasteiger partial charge in [-0.3, -0.25) is 6.08 Å². The Kier molecular flexibility index (Phi) is 13.1. The predicted molar refractivity (Wildman–Crippen MR) is 125 cm³/mol. The number of fused-ring (bicyclic) bond motifs is 1. The van der Waals surface area contributed by atoms with Crippen LogP contribution in [0.5, 0.6) is 0 Å². The summed E-state index contributed by atoms with van der Waals surface area (Å²) >= 11 is 1.36. The average Bonchev–Trinajstić information content (AvgIpc) is 3.22. The van der Waals surface area contributed by atoms with Crippen LogP contribution in [-0.2, 0) is 23.3 Å². The molecule has 3 aromatic rings. The maximum atomic E-state index is 3.36. The summed E-state index contributed by atoms with van der Waals surface area (Å²) in [6.45, 7) is 11.7. The first-order chi connectivity index (χ1) is 12.6. The molecule has 0 fully saturated rings. The monoisotopic (exact) mass is 502 g/mol. The Morgan fingerprint density at radius 2 is 1.46 bits per heavy atom. The molecule has 1 aliphatic carbocycles. The van der Waals surface area contributed by atoms with Crippen LogP contribution < -0.4 is 0 Å². The molecule has 0 aromatic heterocycles. The van der Waals surface area contributed by atoms with E-state index in [0.29, 0.717) is 5.92 Å². The van der Waals surface area contributed by atoms with E-state index in [0.717, 1.165) is 0 Å². The van der Waals surface area contributed by atoms with Crippen molar-refractivity contribution in [1.29, 1.82) is 0 Å². The van der Waals surface area contributed by atoms with Crippen LogP contribution in [0.15, 0.2) is 83.4 Å². The third-order valence-electron chi connectivity index (χ3n) is 5.00. The fourth-order valence-electron chi connectivity index (χ4n) is 3.18. The van der Waals surface area contributed by atoms with Gasteiger partial charge in [0.05, 0.1) is 0 Å². The van der Waals surface area contributed by atoms with Crippen molar-refractivity contribution in [3.8, 4) is 11.1 Å². The SMILES string of the molecule is CC1=[C-]C(C)C(C)=C1C.Cl.Cl.[Si]=[Zr+2].c1ccc(-c2c[cH-]c3ccccc23)cc1. The summed E-state index contributed by atoms with van der Waals surface area (Å²) in [6.07, 6.45) is 3.36. The van der Waals surface area contributed by atoms with Crippen LogP contribution in [0.4, 0.5) is 0 Å². The summed E-state index contributed by atoms with van der Waals surface area (Å²) in [4.78, 5) is 0. The van der Waals surface area contributed by atoms with Crippen LogP contribution in [0.3, 0.4) is 0 Å². The van der Waals surface area contributed by atoms with Crippen molar-refractivity contribution in [2.45, 2.75) is 27.7 Å². The predicted octanol–water partition coefficient (Wildman–Crippen LogP) is 7.41. The van der Waals surface area contributed by atoms with Gasteiger partial charge in [0.25, 0.3) is 0 Å². The van der Waals surface area contributed by atoms with Crippen molar-refractivity contribution in [3.05, 3.63) is 89.5 Å². The van der Waals surface area contributed by atoms with E-state index < -0.39 is 0 Å². The van der Waals surface area contributed by atoms with Crippen LogP contribution in [0.2, 0.25) is 0 Å². The van der Waals surface area contributed by atoms with E-state index in [1.54, 1.807) is 0 Å². The van der Waals surface area contributed by atoms with E-state index in [-0.39, 0.29) is 24.8 Å². The molecule has 4 heteroatoms. The molecule has 144 valence electrons. The molecule has 28 heavy (non-hydrogen) atoms. The second-order valence-corrected chi connectivity index (χ2v) is 6.50. The standard InChI is InChI=1S/C15H11.C9H13.2ClH.Si.Zr/c1-2-6-12(7-3-1)15-11-10-13-8-4-5-9-14(13)15;1-6-5-7(2)9(4)8(6)3;;;;/h1-11H;6H,1-4H3;2*1H;;/q2*-1;;;;+2. The molecule has 1 unspecified atom stereocenters. The largest absolute Gasteiger partial charge is 0.150 e. The zero-order valence-electron chi connectivity index (χ0n) is 16.7. The first kappa shape index (κ1) is 27.2. The third kappa shape index (κ3) is 6.63. The van der Waals surface area contributed by atoms with Gasteiger partial charge in [-0.15, -0.1) is 78.4 Å². The van der Waals surface area contributed by atoms with Gasteiger partial charge in [-0.2, -0.15) is 11.1 Å². The molecule has 1 atom stereocenters. The summed E-state index contributed by atoms with van der Waals surface area (Å²) in [7, 11) is 0. The summed E-state index contributed by atoms with van der Waals surface area (Å²) in [5.74, 6) is 0.560. The van der Waals surface area contributed by atoms with E-state index in [4.69, 9.17) is 0 Å². The van der Waals surface area contributed by atoms with Gasteiger partial charge in [0.2, 0.25) is 0 Å². The second kappa shape index (κ2) is 13.4. The van der Waals surface area contributed by atoms with Gasteiger partial charge in [0, 0.05) is 0 Å². The van der Waals surface area contributed by atoms with Crippen molar-refractivity contribution in [3.63, 3.8) is 0 Å². The molecule has 0 amide bonds. The van der Waals surface area contributed by atoms with Gasteiger partial charge in [0.15, 0.2) is 0 Å². The van der Waals surface area contributed by atoms with Gasteiger partial charge < -0.3 is 0 Å². The van der Waals surface area contributed by atoms with Crippen molar-refractivity contribution in [1.82, 2.24) is 0 Å². The molecule has 0 aliphatic heterocycles. The molecule has 1 aliphatic rings. The summed E-state index contributed by atoms with van der Waals surface area (Å²) in [6, 6.07) is 23.4. The van der Waals surface area contributed by atoms with Crippen LogP contribution in [0.1, 0.15) is 27.7 Å². The van der Waals surface area contributed by atoms with Gasteiger partial charge >= 0.3 is 30.2 Å². The van der Waals surface area contributed by atoms with E-state index in [2.05, 4.69) is 107 Å².